The molecule has 10 heteroatoms. The van der Waals surface area contributed by atoms with E-state index in [9.17, 15) is 10.1 Å². The molecule has 5 heterocycles. The number of piperidine rings is 1. The molecule has 40 heavy (non-hydrogen) atoms. The van der Waals surface area contributed by atoms with Crippen LogP contribution in [0.5, 0.6) is 0 Å². The third-order valence-electron chi connectivity index (χ3n) is 7.62. The molecule has 9 nitrogen and oxygen atoms in total. The zero-order valence-electron chi connectivity index (χ0n) is 22.0. The van der Waals surface area contributed by atoms with Crippen LogP contribution in [0.15, 0.2) is 55.1 Å². The number of nitriles is 1. The maximum Gasteiger partial charge on any atom is 0.271 e. The van der Waals surface area contributed by atoms with Crippen molar-refractivity contribution in [1.82, 2.24) is 24.9 Å². The Bertz CT molecular complexity index is 1710. The zero-order valence-corrected chi connectivity index (χ0v) is 22.7. The SMILES string of the molecule is CC1(NC(=O)c2ncccc2Cl)CCN(c2ccc(-c3cc(C#CC4(N)CC4)cn4ncc(C#N)c34)cn2)CC1. The van der Waals surface area contributed by atoms with Crippen LogP contribution < -0.4 is 16.0 Å². The van der Waals surface area contributed by atoms with E-state index < -0.39 is 0 Å². The average molecular weight is 551 g/mol. The Kier molecular flexibility index (Phi) is 6.42. The molecule has 0 unspecified atom stereocenters. The van der Waals surface area contributed by atoms with Crippen LogP contribution in [0.2, 0.25) is 5.02 Å². The third-order valence-corrected chi connectivity index (χ3v) is 7.92. The van der Waals surface area contributed by atoms with Gasteiger partial charge >= 0.3 is 0 Å². The highest BCUT2D eigenvalue weighted by Gasteiger charge is 2.36. The van der Waals surface area contributed by atoms with Crippen LogP contribution >= 0.6 is 11.6 Å². The molecule has 1 aliphatic carbocycles. The van der Waals surface area contributed by atoms with E-state index in [1.165, 1.54) is 0 Å². The summed E-state index contributed by atoms with van der Waals surface area (Å²) in [4.78, 5) is 23.9. The highest BCUT2D eigenvalue weighted by atomic mass is 35.5. The lowest BCUT2D eigenvalue weighted by Crippen LogP contribution is -2.53. The topological polar surface area (TPSA) is 125 Å². The Morgan fingerprint density at radius 2 is 1.95 bits per heavy atom. The van der Waals surface area contributed by atoms with Crippen LogP contribution in [0.25, 0.3) is 16.6 Å². The molecule has 2 aliphatic rings. The number of nitrogens with two attached hydrogens (primary N) is 1. The van der Waals surface area contributed by atoms with Gasteiger partial charge in [-0.3, -0.25) is 4.79 Å². The minimum absolute atomic E-state index is 0.238. The predicted octanol–water partition coefficient (Wildman–Crippen LogP) is 3.95. The summed E-state index contributed by atoms with van der Waals surface area (Å²) in [7, 11) is 0. The van der Waals surface area contributed by atoms with Crippen molar-refractivity contribution in [2.75, 3.05) is 18.0 Å². The van der Waals surface area contributed by atoms with E-state index in [1.807, 2.05) is 37.5 Å². The standard InChI is InChI=1S/C30H27ClN8O/c1-29(37-28(40)26-24(31)3-2-12-34-26)10-13-38(14-11-29)25-5-4-21(17-35-25)23-15-20(6-7-30(33)8-9-30)19-39-27(23)22(16-32)18-36-39/h2-5,12,15,17-19H,8-11,13-14,33H2,1H3,(H,37,40). The first kappa shape index (κ1) is 25.8. The Balaban J connectivity index is 1.20. The molecule has 3 N–H and O–H groups in total. The Hall–Kier alpha value is -4.44. The quantitative estimate of drug-likeness (QED) is 0.368. The molecule has 0 aromatic carbocycles. The second-order valence-electron chi connectivity index (χ2n) is 10.8. The van der Waals surface area contributed by atoms with Crippen molar-refractivity contribution >= 4 is 28.8 Å². The lowest BCUT2D eigenvalue weighted by Gasteiger charge is -2.40. The Morgan fingerprint density at radius 1 is 1.15 bits per heavy atom. The van der Waals surface area contributed by atoms with E-state index in [0.717, 1.165) is 61.3 Å². The van der Waals surface area contributed by atoms with Gasteiger partial charge in [-0.25, -0.2) is 14.5 Å². The van der Waals surface area contributed by atoms with Gasteiger partial charge < -0.3 is 16.0 Å². The number of nitrogens with zero attached hydrogens (tertiary/aromatic N) is 6. The highest BCUT2D eigenvalue weighted by molar-refractivity contribution is 6.33. The maximum absolute atomic E-state index is 12.8. The van der Waals surface area contributed by atoms with E-state index in [1.54, 1.807) is 29.0 Å². The Labute approximate surface area is 237 Å². The van der Waals surface area contributed by atoms with Gasteiger partial charge in [0.2, 0.25) is 0 Å². The molecule has 4 aromatic rings. The van der Waals surface area contributed by atoms with Crippen molar-refractivity contribution in [3.8, 4) is 29.0 Å². The van der Waals surface area contributed by atoms with Crippen LogP contribution in [-0.2, 0) is 0 Å². The number of halogens is 1. The molecule has 4 aromatic heterocycles. The summed E-state index contributed by atoms with van der Waals surface area (Å²) in [6.07, 6.45) is 10.1. The molecular formula is C30H27ClN8O. The van der Waals surface area contributed by atoms with Gasteiger partial charge in [0, 0.05) is 53.9 Å². The summed E-state index contributed by atoms with van der Waals surface area (Å²) >= 11 is 6.16. The van der Waals surface area contributed by atoms with Gasteiger partial charge in [0.15, 0.2) is 0 Å². The minimum Gasteiger partial charge on any atom is -0.356 e. The van der Waals surface area contributed by atoms with Crippen LogP contribution in [0.1, 0.15) is 54.2 Å². The number of rotatable bonds is 4. The lowest BCUT2D eigenvalue weighted by atomic mass is 9.89. The first-order valence-electron chi connectivity index (χ1n) is 13.1. The van der Waals surface area contributed by atoms with Gasteiger partial charge in [0.1, 0.15) is 17.6 Å². The number of hydrogen-bond acceptors (Lipinski definition) is 7. The number of carbonyl (C=O) groups excluding carboxylic acids is 1. The van der Waals surface area contributed by atoms with E-state index in [-0.39, 0.29) is 22.7 Å². The van der Waals surface area contributed by atoms with Gasteiger partial charge in [-0.2, -0.15) is 10.4 Å². The number of nitrogens with one attached hydrogen (secondary N) is 1. The summed E-state index contributed by atoms with van der Waals surface area (Å²) in [6, 6.07) is 11.6. The fourth-order valence-electron chi connectivity index (χ4n) is 4.92. The molecular weight excluding hydrogens is 524 g/mol. The smallest absolute Gasteiger partial charge is 0.271 e. The minimum atomic E-state index is -0.390. The fourth-order valence-corrected chi connectivity index (χ4v) is 5.13. The van der Waals surface area contributed by atoms with E-state index >= 15 is 0 Å². The molecule has 0 atom stereocenters. The number of amides is 1. The van der Waals surface area contributed by atoms with Crippen molar-refractivity contribution < 1.29 is 4.79 Å². The summed E-state index contributed by atoms with van der Waals surface area (Å²) in [6.45, 7) is 3.51. The van der Waals surface area contributed by atoms with Crippen molar-refractivity contribution in [3.63, 3.8) is 0 Å². The number of carbonyl (C=O) groups is 1. The molecule has 2 fully saturated rings. The largest absolute Gasteiger partial charge is 0.356 e. The first-order valence-corrected chi connectivity index (χ1v) is 13.5. The molecule has 0 radical (unpaired) electrons. The molecule has 1 saturated heterocycles. The van der Waals surface area contributed by atoms with E-state index in [4.69, 9.17) is 22.3 Å². The second-order valence-corrected chi connectivity index (χ2v) is 11.2. The molecule has 1 aliphatic heterocycles. The highest BCUT2D eigenvalue weighted by Crippen LogP contribution is 2.33. The summed E-state index contributed by atoms with van der Waals surface area (Å²) in [5.41, 5.74) is 9.32. The van der Waals surface area contributed by atoms with Gasteiger partial charge in [-0.05, 0) is 62.9 Å². The fraction of sp³-hybridized carbons (Fsp3) is 0.300. The molecule has 6 rings (SSSR count). The number of aromatic nitrogens is 4. The lowest BCUT2D eigenvalue weighted by molar-refractivity contribution is 0.0886. The van der Waals surface area contributed by atoms with Crippen molar-refractivity contribution in [3.05, 3.63) is 77.0 Å². The van der Waals surface area contributed by atoms with E-state index in [0.29, 0.717) is 16.1 Å². The summed E-state index contributed by atoms with van der Waals surface area (Å²) in [5, 5.41) is 17.5. The Morgan fingerprint density at radius 3 is 2.62 bits per heavy atom. The number of anilines is 1. The predicted molar refractivity (Wildman–Crippen MR) is 153 cm³/mol. The van der Waals surface area contributed by atoms with Crippen LogP contribution in [0.3, 0.4) is 0 Å². The number of fused-ring (bicyclic) bond motifs is 1. The van der Waals surface area contributed by atoms with Gasteiger partial charge in [-0.15, -0.1) is 0 Å². The average Bonchev–Trinajstić information content (AvgIpc) is 3.55. The molecule has 0 bridgehead atoms. The first-order chi connectivity index (χ1) is 19.3. The summed E-state index contributed by atoms with van der Waals surface area (Å²) in [5.74, 6) is 6.93. The molecule has 1 amide bonds. The van der Waals surface area contributed by atoms with Gasteiger partial charge in [0.05, 0.1) is 27.8 Å². The number of hydrogen-bond donors (Lipinski definition) is 2. The van der Waals surface area contributed by atoms with Crippen molar-refractivity contribution in [1.29, 1.82) is 5.26 Å². The summed E-state index contributed by atoms with van der Waals surface area (Å²) < 4.78 is 1.69. The van der Waals surface area contributed by atoms with Crippen LogP contribution in [0.4, 0.5) is 5.82 Å². The maximum atomic E-state index is 12.8. The van der Waals surface area contributed by atoms with Gasteiger partial charge in [-0.1, -0.05) is 23.4 Å². The third kappa shape index (κ3) is 5.10. The monoisotopic (exact) mass is 550 g/mol. The van der Waals surface area contributed by atoms with Crippen molar-refractivity contribution in [2.24, 2.45) is 5.73 Å². The molecule has 200 valence electrons. The zero-order chi connectivity index (χ0) is 27.9. The second kappa shape index (κ2) is 9.95. The molecule has 0 spiro atoms. The van der Waals surface area contributed by atoms with Crippen LogP contribution in [0, 0.1) is 23.2 Å². The van der Waals surface area contributed by atoms with E-state index in [2.05, 4.69) is 38.2 Å². The normalized spacial score (nSPS) is 17.0. The van der Waals surface area contributed by atoms with Crippen molar-refractivity contribution in [2.45, 2.75) is 43.7 Å². The van der Waals surface area contributed by atoms with Crippen LogP contribution in [-0.4, -0.2) is 49.7 Å². The number of pyridine rings is 3. The molecule has 1 saturated carbocycles. The van der Waals surface area contributed by atoms with Gasteiger partial charge in [0.25, 0.3) is 5.91 Å².